The number of ether oxygens (including phenoxy) is 1. The van der Waals surface area contributed by atoms with Gasteiger partial charge in [0.15, 0.2) is 0 Å². The summed E-state index contributed by atoms with van der Waals surface area (Å²) in [7, 11) is 1.61. The molecule has 2 N–H and O–H groups in total. The Morgan fingerprint density at radius 3 is 2.67 bits per heavy atom. The van der Waals surface area contributed by atoms with E-state index in [1.54, 1.807) is 7.11 Å². The Balaban J connectivity index is 1.89. The highest BCUT2D eigenvalue weighted by molar-refractivity contribution is 5.79. The van der Waals surface area contributed by atoms with Gasteiger partial charge in [0.05, 0.1) is 20.1 Å². The number of nitrogens with one attached hydrogen (secondary N) is 1. The van der Waals surface area contributed by atoms with Crippen LogP contribution in [0.4, 0.5) is 0 Å². The molecule has 4 heteroatoms. The first-order valence-corrected chi connectivity index (χ1v) is 7.68. The van der Waals surface area contributed by atoms with Gasteiger partial charge in [-0.2, -0.15) is 0 Å². The molecule has 0 spiro atoms. The Hall–Kier alpha value is -1.55. The van der Waals surface area contributed by atoms with E-state index in [1.807, 2.05) is 24.3 Å². The smallest absolute Gasteiger partial charge is 0.224 e. The molecule has 0 heterocycles. The number of rotatable bonds is 6. The predicted molar refractivity (Wildman–Crippen MR) is 82.3 cm³/mol. The lowest BCUT2D eigenvalue weighted by molar-refractivity contribution is -0.121. The summed E-state index contributed by atoms with van der Waals surface area (Å²) in [4.78, 5) is 12.1. The molecule has 1 aliphatic carbocycles. The van der Waals surface area contributed by atoms with Gasteiger partial charge in [0.2, 0.25) is 5.91 Å². The molecule has 1 aromatic carbocycles. The number of methoxy groups -OCH3 is 1. The number of aliphatic hydroxyl groups is 1. The van der Waals surface area contributed by atoms with Crippen LogP contribution in [0.25, 0.3) is 0 Å². The third-order valence-electron chi connectivity index (χ3n) is 4.45. The molecule has 1 fully saturated rings. The van der Waals surface area contributed by atoms with Crippen molar-refractivity contribution in [3.05, 3.63) is 29.8 Å². The number of carbonyl (C=O) groups excluding carboxylic acids is 1. The Kier molecular flexibility index (Phi) is 5.62. The molecule has 116 valence electrons. The van der Waals surface area contributed by atoms with E-state index in [-0.39, 0.29) is 17.9 Å². The van der Waals surface area contributed by atoms with E-state index in [9.17, 15) is 9.90 Å². The highest BCUT2D eigenvalue weighted by atomic mass is 16.5. The summed E-state index contributed by atoms with van der Waals surface area (Å²) in [6, 6.07) is 7.56. The second-order valence-electron chi connectivity index (χ2n) is 5.98. The molecule has 0 bridgehead atoms. The third-order valence-corrected chi connectivity index (χ3v) is 4.45. The van der Waals surface area contributed by atoms with Gasteiger partial charge in [-0.1, -0.05) is 37.5 Å². The van der Waals surface area contributed by atoms with Crippen molar-refractivity contribution < 1.29 is 14.6 Å². The number of aliphatic hydroxyl groups excluding tert-OH is 1. The molecule has 2 rings (SSSR count). The summed E-state index contributed by atoms with van der Waals surface area (Å²) in [6.45, 7) is 0.722. The van der Waals surface area contributed by atoms with E-state index in [0.717, 1.165) is 37.0 Å². The van der Waals surface area contributed by atoms with Gasteiger partial charge in [-0.15, -0.1) is 0 Å². The van der Waals surface area contributed by atoms with Gasteiger partial charge < -0.3 is 15.2 Å². The monoisotopic (exact) mass is 291 g/mol. The molecule has 1 aromatic rings. The maximum Gasteiger partial charge on any atom is 0.224 e. The predicted octanol–water partition coefficient (Wildman–Crippen LogP) is 2.30. The normalized spacial score (nSPS) is 17.2. The molecule has 4 nitrogen and oxygen atoms in total. The average molecular weight is 291 g/mol. The van der Waals surface area contributed by atoms with Crippen LogP contribution < -0.4 is 10.1 Å². The number of amides is 1. The lowest BCUT2D eigenvalue weighted by Gasteiger charge is -2.35. The van der Waals surface area contributed by atoms with Crippen LogP contribution in [0.3, 0.4) is 0 Å². The minimum Gasteiger partial charge on any atom is -0.496 e. The lowest BCUT2D eigenvalue weighted by Crippen LogP contribution is -2.41. The van der Waals surface area contributed by atoms with Gasteiger partial charge >= 0.3 is 0 Å². The first-order chi connectivity index (χ1) is 10.2. The fourth-order valence-corrected chi connectivity index (χ4v) is 3.06. The quantitative estimate of drug-likeness (QED) is 0.845. The minimum atomic E-state index is -0.116. The number of carbonyl (C=O) groups is 1. The van der Waals surface area contributed by atoms with Crippen molar-refractivity contribution in [1.82, 2.24) is 5.32 Å². The fourth-order valence-electron chi connectivity index (χ4n) is 3.06. The fraction of sp³-hybridized carbons (Fsp3) is 0.588. The largest absolute Gasteiger partial charge is 0.496 e. The molecule has 1 saturated carbocycles. The lowest BCUT2D eigenvalue weighted by atomic mass is 9.74. The Morgan fingerprint density at radius 1 is 1.29 bits per heavy atom. The van der Waals surface area contributed by atoms with Gasteiger partial charge in [0.1, 0.15) is 5.75 Å². The van der Waals surface area contributed by atoms with E-state index in [4.69, 9.17) is 4.74 Å². The third kappa shape index (κ3) is 4.21. The SMILES string of the molecule is COc1ccccc1CC(=O)NCC1(CO)CCCCC1. The van der Waals surface area contributed by atoms with Crippen LogP contribution in [0.15, 0.2) is 24.3 Å². The van der Waals surface area contributed by atoms with E-state index in [0.29, 0.717) is 13.0 Å². The first-order valence-electron chi connectivity index (χ1n) is 7.68. The molecule has 1 aliphatic rings. The zero-order valence-electron chi connectivity index (χ0n) is 12.7. The topological polar surface area (TPSA) is 58.6 Å². The van der Waals surface area contributed by atoms with Crippen LogP contribution in [0.2, 0.25) is 0 Å². The maximum atomic E-state index is 12.1. The van der Waals surface area contributed by atoms with Crippen LogP contribution in [0.5, 0.6) is 5.75 Å². The zero-order chi connectivity index (χ0) is 15.1. The Labute approximate surface area is 126 Å². The van der Waals surface area contributed by atoms with E-state index < -0.39 is 0 Å². The molecule has 0 atom stereocenters. The van der Waals surface area contributed by atoms with Gasteiger partial charge in [-0.25, -0.2) is 0 Å². The number of hydrogen-bond acceptors (Lipinski definition) is 3. The summed E-state index contributed by atoms with van der Waals surface area (Å²) < 4.78 is 5.26. The molecule has 0 saturated heterocycles. The second-order valence-corrected chi connectivity index (χ2v) is 5.98. The number of para-hydroxylation sites is 1. The van der Waals surface area contributed by atoms with E-state index in [1.165, 1.54) is 6.42 Å². The van der Waals surface area contributed by atoms with Gasteiger partial charge in [-0.05, 0) is 18.9 Å². The van der Waals surface area contributed by atoms with Gasteiger partial charge in [-0.3, -0.25) is 4.79 Å². The van der Waals surface area contributed by atoms with Crippen molar-refractivity contribution in [2.45, 2.75) is 38.5 Å². The first kappa shape index (κ1) is 15.8. The molecule has 0 radical (unpaired) electrons. The maximum absolute atomic E-state index is 12.1. The molecular weight excluding hydrogens is 266 g/mol. The second kappa shape index (κ2) is 7.46. The van der Waals surface area contributed by atoms with Crippen molar-refractivity contribution >= 4 is 5.91 Å². The standard InChI is InChI=1S/C17H25NO3/c1-21-15-8-4-3-7-14(15)11-16(20)18-12-17(13-19)9-5-2-6-10-17/h3-4,7-8,19H,2,5-6,9-13H2,1H3,(H,18,20). The van der Waals surface area contributed by atoms with Crippen molar-refractivity contribution in [3.63, 3.8) is 0 Å². The molecule has 1 amide bonds. The number of benzene rings is 1. The average Bonchev–Trinajstić information content (AvgIpc) is 2.54. The minimum absolute atomic E-state index is 0.0158. The summed E-state index contributed by atoms with van der Waals surface area (Å²) in [5.41, 5.74) is 0.772. The number of hydrogen-bond donors (Lipinski definition) is 2. The van der Waals surface area contributed by atoms with Crippen LogP contribution in [0.1, 0.15) is 37.7 Å². The Morgan fingerprint density at radius 2 is 2.00 bits per heavy atom. The Bertz CT molecular complexity index is 467. The van der Waals surface area contributed by atoms with E-state index in [2.05, 4.69) is 5.32 Å². The summed E-state index contributed by atoms with van der Waals surface area (Å²) in [5, 5.41) is 12.6. The van der Waals surface area contributed by atoms with E-state index >= 15 is 0 Å². The van der Waals surface area contributed by atoms with Crippen LogP contribution in [-0.4, -0.2) is 31.3 Å². The summed E-state index contributed by atoms with van der Waals surface area (Å²) >= 11 is 0. The van der Waals surface area contributed by atoms with Crippen molar-refractivity contribution in [1.29, 1.82) is 0 Å². The summed E-state index contributed by atoms with van der Waals surface area (Å²) in [6.07, 6.45) is 5.82. The molecular formula is C17H25NO3. The van der Waals surface area contributed by atoms with Gasteiger partial charge in [0, 0.05) is 17.5 Å². The zero-order valence-corrected chi connectivity index (χ0v) is 12.7. The molecule has 0 aliphatic heterocycles. The van der Waals surface area contributed by atoms with Crippen molar-refractivity contribution in [2.24, 2.45) is 5.41 Å². The van der Waals surface area contributed by atoms with Gasteiger partial charge in [0.25, 0.3) is 0 Å². The molecule has 21 heavy (non-hydrogen) atoms. The van der Waals surface area contributed by atoms with Crippen LogP contribution >= 0.6 is 0 Å². The molecule has 0 unspecified atom stereocenters. The van der Waals surface area contributed by atoms with Crippen LogP contribution in [-0.2, 0) is 11.2 Å². The van der Waals surface area contributed by atoms with Crippen molar-refractivity contribution in [3.8, 4) is 5.75 Å². The highest BCUT2D eigenvalue weighted by Crippen LogP contribution is 2.35. The van der Waals surface area contributed by atoms with Crippen molar-refractivity contribution in [2.75, 3.05) is 20.3 Å². The molecule has 0 aromatic heterocycles. The highest BCUT2D eigenvalue weighted by Gasteiger charge is 2.31. The van der Waals surface area contributed by atoms with Crippen LogP contribution in [0, 0.1) is 5.41 Å². The summed E-state index contributed by atoms with van der Waals surface area (Å²) in [5.74, 6) is 0.722.